The number of pyridine rings is 1. The highest BCUT2D eigenvalue weighted by Gasteiger charge is 2.34. The molecule has 4 heteroatoms. The van der Waals surface area contributed by atoms with E-state index in [9.17, 15) is 4.79 Å². The predicted octanol–water partition coefficient (Wildman–Crippen LogP) is 3.37. The number of hydrogen-bond donors (Lipinski definition) is 0. The molecule has 114 valence electrons. The summed E-state index contributed by atoms with van der Waals surface area (Å²) in [5, 5.41) is 0. The Bertz CT molecular complexity index is 524. The van der Waals surface area contributed by atoms with Gasteiger partial charge in [0.25, 0.3) is 0 Å². The summed E-state index contributed by atoms with van der Waals surface area (Å²) < 4.78 is 5.05. The lowest BCUT2D eigenvalue weighted by Crippen LogP contribution is -2.22. The molecule has 0 spiro atoms. The zero-order chi connectivity index (χ0) is 14.8. The second kappa shape index (κ2) is 6.04. The van der Waals surface area contributed by atoms with Crippen molar-refractivity contribution in [3.05, 3.63) is 23.4 Å². The largest absolute Gasteiger partial charge is 0.461 e. The maximum atomic E-state index is 11.8. The molecule has 4 nitrogen and oxygen atoms in total. The third-order valence-corrected chi connectivity index (χ3v) is 4.84. The van der Waals surface area contributed by atoms with Gasteiger partial charge >= 0.3 is 5.97 Å². The minimum Gasteiger partial charge on any atom is -0.461 e. The summed E-state index contributed by atoms with van der Waals surface area (Å²) in [6.45, 7) is 3.23. The van der Waals surface area contributed by atoms with Gasteiger partial charge in [-0.2, -0.15) is 0 Å². The van der Waals surface area contributed by atoms with Gasteiger partial charge in [0, 0.05) is 19.5 Å². The number of ether oxygens (including phenoxy) is 1. The van der Waals surface area contributed by atoms with Gasteiger partial charge < -0.3 is 9.64 Å². The molecule has 21 heavy (non-hydrogen) atoms. The van der Waals surface area contributed by atoms with E-state index in [4.69, 9.17) is 4.74 Å². The summed E-state index contributed by atoms with van der Waals surface area (Å²) in [5.74, 6) is 2.00. The van der Waals surface area contributed by atoms with Crippen molar-refractivity contribution in [1.82, 2.24) is 4.98 Å². The first kappa shape index (κ1) is 14.4. The van der Waals surface area contributed by atoms with E-state index in [0.717, 1.165) is 18.3 Å². The van der Waals surface area contributed by atoms with Gasteiger partial charge in [0.2, 0.25) is 0 Å². The highest BCUT2D eigenvalue weighted by Crippen LogP contribution is 2.43. The van der Waals surface area contributed by atoms with Gasteiger partial charge in [0.15, 0.2) is 5.69 Å². The summed E-state index contributed by atoms with van der Waals surface area (Å²) in [5.41, 5.74) is 1.74. The number of likely N-dealkylation sites (N-methyl/N-ethyl adjacent to an activating group) is 1. The van der Waals surface area contributed by atoms with Crippen LogP contribution < -0.4 is 4.90 Å². The Morgan fingerprint density at radius 2 is 2.10 bits per heavy atom. The molecular formula is C17H24N2O2. The lowest BCUT2D eigenvalue weighted by atomic mass is 9.78. The minimum atomic E-state index is -0.324. The number of anilines is 1. The van der Waals surface area contributed by atoms with Crippen molar-refractivity contribution < 1.29 is 9.53 Å². The first-order valence-electron chi connectivity index (χ1n) is 8.10. The molecule has 0 N–H and O–H groups in total. The fourth-order valence-electron chi connectivity index (χ4n) is 3.79. The molecule has 0 aromatic carbocycles. The highest BCUT2D eigenvalue weighted by molar-refractivity contribution is 5.88. The van der Waals surface area contributed by atoms with E-state index in [2.05, 4.69) is 23.0 Å². The van der Waals surface area contributed by atoms with E-state index in [1.165, 1.54) is 37.7 Å². The van der Waals surface area contributed by atoms with Gasteiger partial charge in [-0.25, -0.2) is 9.78 Å². The summed E-state index contributed by atoms with van der Waals surface area (Å²) in [6, 6.07) is 3.92. The van der Waals surface area contributed by atoms with Crippen LogP contribution in [0.15, 0.2) is 12.1 Å². The zero-order valence-electron chi connectivity index (χ0n) is 13.0. The maximum absolute atomic E-state index is 11.8. The standard InChI is InChI=1S/C17H24N2O2/c1-3-21-17(20)15-10-9-13-14(11-19(2)16(13)18-15)12-7-5-4-6-8-12/h9-10,12,14H,3-8,11H2,1-2H3. The Morgan fingerprint density at radius 1 is 1.33 bits per heavy atom. The second-order valence-electron chi connectivity index (χ2n) is 6.21. The van der Waals surface area contributed by atoms with E-state index in [0.29, 0.717) is 18.2 Å². The van der Waals surface area contributed by atoms with Crippen molar-refractivity contribution in [3.8, 4) is 0 Å². The molecule has 1 aliphatic carbocycles. The van der Waals surface area contributed by atoms with Crippen LogP contribution >= 0.6 is 0 Å². The van der Waals surface area contributed by atoms with Crippen LogP contribution in [0.4, 0.5) is 5.82 Å². The van der Waals surface area contributed by atoms with E-state index < -0.39 is 0 Å². The average molecular weight is 288 g/mol. The van der Waals surface area contributed by atoms with Crippen LogP contribution in [0.1, 0.15) is 61.0 Å². The van der Waals surface area contributed by atoms with Crippen molar-refractivity contribution in [1.29, 1.82) is 0 Å². The molecule has 3 rings (SSSR count). The number of esters is 1. The van der Waals surface area contributed by atoms with Crippen LogP contribution in [0, 0.1) is 5.92 Å². The number of carbonyl (C=O) groups excluding carboxylic acids is 1. The van der Waals surface area contributed by atoms with Gasteiger partial charge in [-0.05, 0) is 37.3 Å². The van der Waals surface area contributed by atoms with Crippen molar-refractivity contribution in [3.63, 3.8) is 0 Å². The topological polar surface area (TPSA) is 42.4 Å². The summed E-state index contributed by atoms with van der Waals surface area (Å²) >= 11 is 0. The van der Waals surface area contributed by atoms with Crippen LogP contribution in [0.3, 0.4) is 0 Å². The van der Waals surface area contributed by atoms with Gasteiger partial charge in [-0.1, -0.05) is 25.3 Å². The Labute approximate surface area is 126 Å². The van der Waals surface area contributed by atoms with Crippen LogP contribution in [0.25, 0.3) is 0 Å². The van der Waals surface area contributed by atoms with Crippen molar-refractivity contribution in [2.45, 2.75) is 44.9 Å². The molecule has 1 aromatic rings. The van der Waals surface area contributed by atoms with Crippen molar-refractivity contribution >= 4 is 11.8 Å². The molecule has 1 fully saturated rings. The van der Waals surface area contributed by atoms with Crippen LogP contribution in [0.2, 0.25) is 0 Å². The Morgan fingerprint density at radius 3 is 2.81 bits per heavy atom. The molecule has 2 heterocycles. The highest BCUT2D eigenvalue weighted by atomic mass is 16.5. The number of nitrogens with zero attached hydrogens (tertiary/aromatic N) is 2. The fourth-order valence-corrected chi connectivity index (χ4v) is 3.79. The molecule has 1 unspecified atom stereocenters. The van der Waals surface area contributed by atoms with E-state index >= 15 is 0 Å². The molecule has 2 aliphatic rings. The van der Waals surface area contributed by atoms with Crippen molar-refractivity contribution in [2.75, 3.05) is 25.1 Å². The Kier molecular flexibility index (Phi) is 4.13. The number of aromatic nitrogens is 1. The quantitative estimate of drug-likeness (QED) is 0.800. The lowest BCUT2D eigenvalue weighted by Gasteiger charge is -2.27. The third kappa shape index (κ3) is 2.76. The molecular weight excluding hydrogens is 264 g/mol. The molecule has 0 amide bonds. The van der Waals surface area contributed by atoms with Gasteiger partial charge in [0.1, 0.15) is 5.82 Å². The molecule has 1 aromatic heterocycles. The number of fused-ring (bicyclic) bond motifs is 1. The lowest BCUT2D eigenvalue weighted by molar-refractivity contribution is 0.0519. The van der Waals surface area contributed by atoms with Gasteiger partial charge in [0.05, 0.1) is 6.61 Å². The number of rotatable bonds is 3. The molecule has 0 saturated heterocycles. The Hall–Kier alpha value is -1.58. The van der Waals surface area contributed by atoms with E-state index in [1.54, 1.807) is 0 Å². The van der Waals surface area contributed by atoms with Crippen LogP contribution in [-0.4, -0.2) is 31.2 Å². The summed E-state index contributed by atoms with van der Waals surface area (Å²) in [7, 11) is 2.07. The molecule has 0 bridgehead atoms. The Balaban J connectivity index is 1.85. The molecule has 0 radical (unpaired) electrons. The third-order valence-electron chi connectivity index (χ3n) is 4.84. The van der Waals surface area contributed by atoms with Crippen molar-refractivity contribution in [2.24, 2.45) is 5.92 Å². The van der Waals surface area contributed by atoms with E-state index in [-0.39, 0.29) is 5.97 Å². The average Bonchev–Trinajstić information content (AvgIpc) is 2.85. The van der Waals surface area contributed by atoms with Gasteiger partial charge in [-0.3, -0.25) is 0 Å². The fraction of sp³-hybridized carbons (Fsp3) is 0.647. The first-order chi connectivity index (χ1) is 10.2. The predicted molar refractivity (Wildman–Crippen MR) is 82.8 cm³/mol. The van der Waals surface area contributed by atoms with Gasteiger partial charge in [-0.15, -0.1) is 0 Å². The molecule has 1 saturated carbocycles. The second-order valence-corrected chi connectivity index (χ2v) is 6.21. The monoisotopic (exact) mass is 288 g/mol. The minimum absolute atomic E-state index is 0.324. The zero-order valence-corrected chi connectivity index (χ0v) is 13.0. The van der Waals surface area contributed by atoms with Crippen LogP contribution in [-0.2, 0) is 4.74 Å². The smallest absolute Gasteiger partial charge is 0.356 e. The summed E-state index contributed by atoms with van der Waals surface area (Å²) in [6.07, 6.45) is 6.75. The van der Waals surface area contributed by atoms with Crippen LogP contribution in [0.5, 0.6) is 0 Å². The first-order valence-corrected chi connectivity index (χ1v) is 8.10. The number of hydrogen-bond acceptors (Lipinski definition) is 4. The maximum Gasteiger partial charge on any atom is 0.356 e. The SMILES string of the molecule is CCOC(=O)c1ccc2c(n1)N(C)CC2C1CCCCC1. The summed E-state index contributed by atoms with van der Waals surface area (Å²) in [4.78, 5) is 18.6. The normalized spacial score (nSPS) is 22.2. The number of carbonyl (C=O) groups is 1. The molecule has 1 atom stereocenters. The molecule has 1 aliphatic heterocycles. The van der Waals surface area contributed by atoms with E-state index in [1.807, 2.05) is 13.0 Å².